The molecule has 1 unspecified atom stereocenters. The zero-order valence-electron chi connectivity index (χ0n) is 10.6. The lowest BCUT2D eigenvalue weighted by Gasteiger charge is -2.36. The van der Waals surface area contributed by atoms with E-state index in [2.05, 4.69) is 13.8 Å². The van der Waals surface area contributed by atoms with Crippen LogP contribution in [0.25, 0.3) is 0 Å². The van der Waals surface area contributed by atoms with Crippen LogP contribution >= 0.6 is 11.3 Å². The third-order valence-corrected chi connectivity index (χ3v) is 4.18. The van der Waals surface area contributed by atoms with Gasteiger partial charge in [0, 0.05) is 11.5 Å². The maximum Gasteiger partial charge on any atom is 0.109 e. The highest BCUT2D eigenvalue weighted by molar-refractivity contribution is 7.10. The van der Waals surface area contributed by atoms with E-state index in [1.807, 2.05) is 25.3 Å². The highest BCUT2D eigenvalue weighted by Gasteiger charge is 2.37. The normalized spacial score (nSPS) is 14.1. The minimum Gasteiger partial charge on any atom is -0.385 e. The Morgan fingerprint density at radius 2 is 2.00 bits per heavy atom. The van der Waals surface area contributed by atoms with Gasteiger partial charge in [-0.2, -0.15) is 0 Å². The number of ether oxygens (including phenoxy) is 1. The van der Waals surface area contributed by atoms with E-state index in [-0.39, 0.29) is 0 Å². The van der Waals surface area contributed by atoms with Crippen molar-refractivity contribution in [2.75, 3.05) is 6.61 Å². The lowest BCUT2D eigenvalue weighted by molar-refractivity contribution is -0.127. The first-order valence-electron chi connectivity index (χ1n) is 5.97. The predicted molar refractivity (Wildman–Crippen MR) is 69.0 cm³/mol. The molecular formula is C13H22O2S. The van der Waals surface area contributed by atoms with E-state index in [0.717, 1.165) is 18.4 Å². The summed E-state index contributed by atoms with van der Waals surface area (Å²) >= 11 is 1.67. The number of aliphatic hydroxyl groups is 1. The fraction of sp³-hybridized carbons (Fsp3) is 0.692. The molecule has 0 fully saturated rings. The molecule has 16 heavy (non-hydrogen) atoms. The van der Waals surface area contributed by atoms with Gasteiger partial charge in [0.1, 0.15) is 6.10 Å². The molecule has 1 aromatic rings. The van der Waals surface area contributed by atoms with Crippen molar-refractivity contribution in [1.82, 2.24) is 0 Å². The molecule has 0 saturated carbocycles. The van der Waals surface area contributed by atoms with Crippen molar-refractivity contribution in [3.8, 4) is 0 Å². The lowest BCUT2D eigenvalue weighted by atomic mass is 9.86. The number of hydrogen-bond donors (Lipinski definition) is 1. The average molecular weight is 242 g/mol. The standard InChI is InChI=1S/C13H22O2S/c1-5-13(6-2,15-7-3)12(14)11-8-9-16-10(11)4/h8-9,12,14H,5-7H2,1-4H3. The van der Waals surface area contributed by atoms with E-state index in [4.69, 9.17) is 4.74 Å². The Bertz CT molecular complexity index is 315. The Balaban J connectivity index is 2.99. The fourth-order valence-electron chi connectivity index (χ4n) is 2.17. The summed E-state index contributed by atoms with van der Waals surface area (Å²) in [6.45, 7) is 8.81. The Morgan fingerprint density at radius 1 is 1.38 bits per heavy atom. The quantitative estimate of drug-likeness (QED) is 0.824. The van der Waals surface area contributed by atoms with E-state index in [1.54, 1.807) is 11.3 Å². The minimum absolute atomic E-state index is 0.430. The third kappa shape index (κ3) is 2.47. The maximum absolute atomic E-state index is 10.5. The van der Waals surface area contributed by atoms with Crippen LogP contribution in [0.15, 0.2) is 11.4 Å². The molecule has 1 atom stereocenters. The zero-order valence-corrected chi connectivity index (χ0v) is 11.4. The molecule has 1 heterocycles. The van der Waals surface area contributed by atoms with Crippen molar-refractivity contribution in [2.45, 2.75) is 52.2 Å². The van der Waals surface area contributed by atoms with Crippen molar-refractivity contribution in [3.63, 3.8) is 0 Å². The van der Waals surface area contributed by atoms with E-state index in [9.17, 15) is 5.11 Å². The van der Waals surface area contributed by atoms with Crippen molar-refractivity contribution in [3.05, 3.63) is 21.9 Å². The van der Waals surface area contributed by atoms with Crippen LogP contribution in [0.2, 0.25) is 0 Å². The second-order valence-corrected chi connectivity index (χ2v) is 5.16. The second-order valence-electron chi connectivity index (χ2n) is 4.04. The SMILES string of the molecule is CCOC(CC)(CC)C(O)c1ccsc1C. The Hall–Kier alpha value is -0.380. The van der Waals surface area contributed by atoms with Gasteiger partial charge in [-0.05, 0) is 43.7 Å². The highest BCUT2D eigenvalue weighted by atomic mass is 32.1. The van der Waals surface area contributed by atoms with Gasteiger partial charge in [-0.15, -0.1) is 11.3 Å². The summed E-state index contributed by atoms with van der Waals surface area (Å²) in [4.78, 5) is 1.18. The second kappa shape index (κ2) is 5.80. The molecule has 0 radical (unpaired) electrons. The molecule has 0 saturated heterocycles. The molecular weight excluding hydrogens is 220 g/mol. The van der Waals surface area contributed by atoms with Gasteiger partial charge in [0.15, 0.2) is 0 Å². The first-order valence-corrected chi connectivity index (χ1v) is 6.85. The van der Waals surface area contributed by atoms with Crippen LogP contribution in [0.1, 0.15) is 50.2 Å². The van der Waals surface area contributed by atoms with Gasteiger partial charge in [-0.3, -0.25) is 0 Å². The van der Waals surface area contributed by atoms with Gasteiger partial charge in [0.2, 0.25) is 0 Å². The molecule has 1 rings (SSSR count). The number of aliphatic hydroxyl groups excluding tert-OH is 1. The van der Waals surface area contributed by atoms with Crippen LogP contribution in [-0.4, -0.2) is 17.3 Å². The summed E-state index contributed by atoms with van der Waals surface area (Å²) in [5.41, 5.74) is 0.586. The smallest absolute Gasteiger partial charge is 0.109 e. The van der Waals surface area contributed by atoms with Crippen LogP contribution < -0.4 is 0 Å². The number of rotatable bonds is 6. The fourth-order valence-corrected chi connectivity index (χ4v) is 2.90. The topological polar surface area (TPSA) is 29.5 Å². The third-order valence-electron chi connectivity index (χ3n) is 3.32. The summed E-state index contributed by atoms with van der Waals surface area (Å²) in [7, 11) is 0. The average Bonchev–Trinajstić information content (AvgIpc) is 2.71. The van der Waals surface area contributed by atoms with Crippen LogP contribution in [0.3, 0.4) is 0 Å². The molecule has 0 aliphatic heterocycles. The van der Waals surface area contributed by atoms with Crippen molar-refractivity contribution in [2.24, 2.45) is 0 Å². The maximum atomic E-state index is 10.5. The van der Waals surface area contributed by atoms with E-state index in [1.165, 1.54) is 4.88 Å². The Morgan fingerprint density at radius 3 is 2.38 bits per heavy atom. The number of aryl methyl sites for hydroxylation is 1. The number of thiophene rings is 1. The Labute approximate surface area is 102 Å². The molecule has 0 aliphatic rings. The van der Waals surface area contributed by atoms with Crippen LogP contribution in [0.4, 0.5) is 0 Å². The van der Waals surface area contributed by atoms with Crippen molar-refractivity contribution in [1.29, 1.82) is 0 Å². The predicted octanol–water partition coefficient (Wildman–Crippen LogP) is 3.69. The largest absolute Gasteiger partial charge is 0.385 e. The molecule has 92 valence electrons. The number of hydrogen-bond acceptors (Lipinski definition) is 3. The summed E-state index contributed by atoms with van der Waals surface area (Å²) in [5, 5.41) is 12.5. The lowest BCUT2D eigenvalue weighted by Crippen LogP contribution is -2.38. The van der Waals surface area contributed by atoms with Gasteiger partial charge < -0.3 is 9.84 Å². The molecule has 0 amide bonds. The van der Waals surface area contributed by atoms with E-state index in [0.29, 0.717) is 6.61 Å². The van der Waals surface area contributed by atoms with Crippen LogP contribution in [-0.2, 0) is 4.74 Å². The summed E-state index contributed by atoms with van der Waals surface area (Å²) < 4.78 is 5.82. The van der Waals surface area contributed by atoms with E-state index >= 15 is 0 Å². The van der Waals surface area contributed by atoms with Crippen LogP contribution in [0, 0.1) is 6.92 Å². The molecule has 2 nitrogen and oxygen atoms in total. The minimum atomic E-state index is -0.520. The van der Waals surface area contributed by atoms with Gasteiger partial charge in [0.25, 0.3) is 0 Å². The molecule has 1 N–H and O–H groups in total. The molecule has 1 aromatic heterocycles. The Kier molecular flexibility index (Phi) is 4.96. The zero-order chi connectivity index (χ0) is 12.2. The van der Waals surface area contributed by atoms with Crippen molar-refractivity contribution < 1.29 is 9.84 Å². The molecule has 0 aliphatic carbocycles. The molecule has 0 bridgehead atoms. The van der Waals surface area contributed by atoms with Gasteiger partial charge >= 0.3 is 0 Å². The molecule has 0 spiro atoms. The summed E-state index contributed by atoms with van der Waals surface area (Å²) in [6.07, 6.45) is 1.13. The van der Waals surface area contributed by atoms with Gasteiger partial charge in [-0.1, -0.05) is 13.8 Å². The van der Waals surface area contributed by atoms with E-state index < -0.39 is 11.7 Å². The first kappa shape index (κ1) is 13.7. The monoisotopic (exact) mass is 242 g/mol. The highest BCUT2D eigenvalue weighted by Crippen LogP contribution is 2.37. The molecule has 0 aromatic carbocycles. The molecule has 3 heteroatoms. The van der Waals surface area contributed by atoms with Gasteiger partial charge in [0.05, 0.1) is 5.60 Å². The van der Waals surface area contributed by atoms with Gasteiger partial charge in [-0.25, -0.2) is 0 Å². The summed E-state index contributed by atoms with van der Waals surface area (Å²) in [6, 6.07) is 2.00. The summed E-state index contributed by atoms with van der Waals surface area (Å²) in [5.74, 6) is 0. The first-order chi connectivity index (χ1) is 7.61. The van der Waals surface area contributed by atoms with Crippen LogP contribution in [0.5, 0.6) is 0 Å². The van der Waals surface area contributed by atoms with Crippen molar-refractivity contribution >= 4 is 11.3 Å².